The Hall–Kier alpha value is -0.870. The minimum atomic E-state index is -0.348. The summed E-state index contributed by atoms with van der Waals surface area (Å²) in [5.41, 5.74) is 0.896. The van der Waals surface area contributed by atoms with E-state index in [2.05, 4.69) is 26.1 Å². The molecule has 1 heterocycles. The first-order valence-electron chi connectivity index (χ1n) is 3.83. The minimum absolute atomic E-state index is 0.348. The van der Waals surface area contributed by atoms with E-state index in [1.54, 1.807) is 18.2 Å². The molecule has 1 N–H and O–H groups in total. The molecule has 0 radical (unpaired) electrons. The first-order valence-corrected chi connectivity index (χ1v) is 5.00. The number of rotatable bonds is 1. The quantitative estimate of drug-likeness (QED) is 0.846. The Morgan fingerprint density at radius 2 is 2.21 bits per heavy atom. The van der Waals surface area contributed by atoms with Crippen LogP contribution in [0.4, 0.5) is 4.39 Å². The maximum Gasteiger partial charge on any atom is 0.146 e. The van der Waals surface area contributed by atoms with Crippen molar-refractivity contribution in [3.63, 3.8) is 0 Å². The number of H-pyrrole nitrogens is 1. The van der Waals surface area contributed by atoms with Gasteiger partial charge in [-0.2, -0.15) is 5.10 Å². The fourth-order valence-electron chi connectivity index (χ4n) is 1.16. The Kier molecular flexibility index (Phi) is 2.56. The number of benzene rings is 1. The van der Waals surface area contributed by atoms with Crippen molar-refractivity contribution in [2.24, 2.45) is 0 Å². The molecule has 0 fully saturated rings. The molecule has 0 saturated heterocycles. The fraction of sp³-hybridized carbons (Fsp3) is 0. The van der Waals surface area contributed by atoms with E-state index >= 15 is 0 Å². The molecule has 2 aromatic rings. The molecular formula is C9H5BrClFN2. The van der Waals surface area contributed by atoms with Gasteiger partial charge in [-0.1, -0.05) is 17.7 Å². The van der Waals surface area contributed by atoms with Crippen LogP contribution in [0.25, 0.3) is 11.3 Å². The molecule has 72 valence electrons. The Bertz CT molecular complexity index is 470. The number of nitrogens with zero attached hydrogens (tertiary/aromatic N) is 1. The van der Waals surface area contributed by atoms with Gasteiger partial charge in [-0.3, -0.25) is 5.10 Å². The molecule has 14 heavy (non-hydrogen) atoms. The zero-order valence-corrected chi connectivity index (χ0v) is 9.23. The van der Waals surface area contributed by atoms with Crippen LogP contribution in [0, 0.1) is 5.82 Å². The van der Waals surface area contributed by atoms with E-state index in [0.29, 0.717) is 20.8 Å². The van der Waals surface area contributed by atoms with Crippen molar-refractivity contribution >= 4 is 27.5 Å². The molecule has 5 heteroatoms. The molecule has 2 nitrogen and oxygen atoms in total. The van der Waals surface area contributed by atoms with Crippen LogP contribution in [0.3, 0.4) is 0 Å². The van der Waals surface area contributed by atoms with Crippen LogP contribution in [0.2, 0.25) is 5.02 Å². The van der Waals surface area contributed by atoms with Crippen molar-refractivity contribution < 1.29 is 4.39 Å². The lowest BCUT2D eigenvalue weighted by Gasteiger charge is -2.01. The summed E-state index contributed by atoms with van der Waals surface area (Å²) in [4.78, 5) is 0. The van der Waals surface area contributed by atoms with Gasteiger partial charge in [0.15, 0.2) is 0 Å². The van der Waals surface area contributed by atoms with E-state index in [9.17, 15) is 4.39 Å². The van der Waals surface area contributed by atoms with Crippen LogP contribution >= 0.6 is 27.5 Å². The first-order chi connectivity index (χ1) is 6.70. The van der Waals surface area contributed by atoms with Crippen molar-refractivity contribution in [1.82, 2.24) is 10.2 Å². The molecule has 0 amide bonds. The van der Waals surface area contributed by atoms with Crippen molar-refractivity contribution in [2.45, 2.75) is 0 Å². The summed E-state index contributed by atoms with van der Waals surface area (Å²) in [6.45, 7) is 0. The summed E-state index contributed by atoms with van der Waals surface area (Å²) in [5.74, 6) is -0.348. The van der Waals surface area contributed by atoms with Gasteiger partial charge in [0.2, 0.25) is 0 Å². The average molecular weight is 276 g/mol. The monoisotopic (exact) mass is 274 g/mol. The number of aromatic amines is 1. The van der Waals surface area contributed by atoms with Crippen molar-refractivity contribution in [3.8, 4) is 11.3 Å². The van der Waals surface area contributed by atoms with Crippen LogP contribution in [-0.4, -0.2) is 10.2 Å². The minimum Gasteiger partial charge on any atom is -0.276 e. The number of halogens is 3. The third kappa shape index (κ3) is 1.55. The lowest BCUT2D eigenvalue weighted by molar-refractivity contribution is 0.624. The Labute approximate surface area is 93.2 Å². The van der Waals surface area contributed by atoms with E-state index in [-0.39, 0.29) is 5.82 Å². The molecular weight excluding hydrogens is 270 g/mol. The molecule has 0 aliphatic rings. The number of nitrogens with one attached hydrogen (secondary N) is 1. The number of aromatic nitrogens is 2. The summed E-state index contributed by atoms with van der Waals surface area (Å²) >= 11 is 8.93. The second-order valence-electron chi connectivity index (χ2n) is 2.69. The van der Waals surface area contributed by atoms with Gasteiger partial charge >= 0.3 is 0 Å². The Balaban J connectivity index is 2.63. The topological polar surface area (TPSA) is 28.7 Å². The van der Waals surface area contributed by atoms with Crippen molar-refractivity contribution in [2.75, 3.05) is 0 Å². The first kappa shape index (κ1) is 9.68. The van der Waals surface area contributed by atoms with E-state index < -0.39 is 0 Å². The molecule has 2 rings (SSSR count). The molecule has 0 unspecified atom stereocenters. The maximum absolute atomic E-state index is 13.6. The van der Waals surface area contributed by atoms with Gasteiger partial charge in [-0.25, -0.2) is 4.39 Å². The fourth-order valence-corrected chi connectivity index (χ4v) is 1.72. The molecule has 0 aliphatic heterocycles. The summed E-state index contributed by atoms with van der Waals surface area (Å²) in [6, 6.07) is 5.00. The van der Waals surface area contributed by atoms with Crippen molar-refractivity contribution in [1.29, 1.82) is 0 Å². The lowest BCUT2D eigenvalue weighted by atomic mass is 10.1. The third-order valence-electron chi connectivity index (χ3n) is 1.81. The predicted octanol–water partition coefficient (Wildman–Crippen LogP) is 3.63. The highest BCUT2D eigenvalue weighted by atomic mass is 79.9. The average Bonchev–Trinajstić information content (AvgIpc) is 2.57. The van der Waals surface area contributed by atoms with Gasteiger partial charge in [0.1, 0.15) is 5.82 Å². The van der Waals surface area contributed by atoms with Crippen LogP contribution in [0.15, 0.2) is 28.9 Å². The van der Waals surface area contributed by atoms with E-state index in [1.807, 2.05) is 0 Å². The van der Waals surface area contributed by atoms with Gasteiger partial charge in [-0.15, -0.1) is 0 Å². The largest absolute Gasteiger partial charge is 0.276 e. The van der Waals surface area contributed by atoms with Gasteiger partial charge in [-0.05, 0) is 28.1 Å². The van der Waals surface area contributed by atoms with Gasteiger partial charge in [0.25, 0.3) is 0 Å². The molecule has 0 saturated carbocycles. The van der Waals surface area contributed by atoms with Gasteiger partial charge in [0, 0.05) is 5.56 Å². The number of hydrogen-bond acceptors (Lipinski definition) is 1. The summed E-state index contributed by atoms with van der Waals surface area (Å²) in [6.07, 6.45) is 1.44. The highest BCUT2D eigenvalue weighted by Crippen LogP contribution is 2.30. The molecule has 0 spiro atoms. The second kappa shape index (κ2) is 3.71. The zero-order valence-electron chi connectivity index (χ0n) is 6.89. The highest BCUT2D eigenvalue weighted by Gasteiger charge is 2.12. The smallest absolute Gasteiger partial charge is 0.146 e. The number of hydrogen-bond donors (Lipinski definition) is 1. The standard InChI is InChI=1S/C9H5BrClFN2/c10-6-3-1-2-5(8(6)12)9-7(11)4-13-14-9/h1-4H,(H,13,14). The van der Waals surface area contributed by atoms with Gasteiger partial charge in [0.05, 0.1) is 21.4 Å². The van der Waals surface area contributed by atoms with Crippen molar-refractivity contribution in [3.05, 3.63) is 39.7 Å². The van der Waals surface area contributed by atoms with Crippen LogP contribution in [0.1, 0.15) is 0 Å². The van der Waals surface area contributed by atoms with Crippen LogP contribution in [0.5, 0.6) is 0 Å². The Morgan fingerprint density at radius 1 is 1.43 bits per heavy atom. The lowest BCUT2D eigenvalue weighted by Crippen LogP contribution is -1.86. The summed E-state index contributed by atoms with van der Waals surface area (Å²) in [5, 5.41) is 6.78. The maximum atomic E-state index is 13.6. The zero-order chi connectivity index (χ0) is 10.1. The van der Waals surface area contributed by atoms with E-state index in [0.717, 1.165) is 0 Å². The summed E-state index contributed by atoms with van der Waals surface area (Å²) < 4.78 is 14.0. The molecule has 0 atom stereocenters. The second-order valence-corrected chi connectivity index (χ2v) is 3.96. The predicted molar refractivity (Wildman–Crippen MR) is 56.7 cm³/mol. The van der Waals surface area contributed by atoms with E-state index in [1.165, 1.54) is 6.20 Å². The molecule has 0 aliphatic carbocycles. The molecule has 0 bridgehead atoms. The Morgan fingerprint density at radius 3 is 2.86 bits per heavy atom. The highest BCUT2D eigenvalue weighted by molar-refractivity contribution is 9.10. The van der Waals surface area contributed by atoms with Crippen LogP contribution < -0.4 is 0 Å². The van der Waals surface area contributed by atoms with E-state index in [4.69, 9.17) is 11.6 Å². The molecule has 1 aromatic carbocycles. The molecule has 1 aromatic heterocycles. The van der Waals surface area contributed by atoms with Gasteiger partial charge < -0.3 is 0 Å². The normalized spacial score (nSPS) is 10.5. The third-order valence-corrected chi connectivity index (χ3v) is 2.71. The summed E-state index contributed by atoms with van der Waals surface area (Å²) in [7, 11) is 0. The SMILES string of the molecule is Fc1c(Br)cccc1-c1[nH]ncc1Cl. The van der Waals surface area contributed by atoms with Crippen LogP contribution in [-0.2, 0) is 0 Å².